The van der Waals surface area contributed by atoms with E-state index >= 15 is 0 Å². The summed E-state index contributed by atoms with van der Waals surface area (Å²) in [6.45, 7) is 3.41. The third-order valence-electron chi connectivity index (χ3n) is 5.62. The molecule has 1 fully saturated rings. The first-order valence-corrected chi connectivity index (χ1v) is 10.3. The maximum atomic E-state index is 12.6. The molecule has 3 N–H and O–H groups in total. The summed E-state index contributed by atoms with van der Waals surface area (Å²) >= 11 is 1.59. The minimum Gasteiger partial charge on any atom is -0.480 e. The number of aromatic nitrogens is 2. The zero-order valence-electron chi connectivity index (χ0n) is 16.3. The van der Waals surface area contributed by atoms with Crippen LogP contribution in [0.1, 0.15) is 29.4 Å². The van der Waals surface area contributed by atoms with Crippen molar-refractivity contribution in [1.82, 2.24) is 9.97 Å². The first-order valence-electron chi connectivity index (χ1n) is 9.30. The average Bonchev–Trinajstić information content (AvgIpc) is 2.74. The first-order chi connectivity index (χ1) is 14.0. The van der Waals surface area contributed by atoms with E-state index < -0.39 is 5.54 Å². The van der Waals surface area contributed by atoms with Gasteiger partial charge in [-0.2, -0.15) is 0 Å². The molecule has 2 aromatic rings. The fraction of sp³-hybridized carbons (Fsp3) is 0.400. The van der Waals surface area contributed by atoms with Crippen LogP contribution in [-0.4, -0.2) is 47.1 Å². The molecule has 1 saturated heterocycles. The van der Waals surface area contributed by atoms with Crippen LogP contribution in [0.4, 0.5) is 5.69 Å². The number of carbonyl (C=O) groups is 1. The molecule has 3 heterocycles. The highest BCUT2D eigenvalue weighted by atomic mass is 32.2. The van der Waals surface area contributed by atoms with Gasteiger partial charge in [-0.05, 0) is 24.1 Å². The maximum absolute atomic E-state index is 12.6. The second-order valence-corrected chi connectivity index (χ2v) is 8.44. The summed E-state index contributed by atoms with van der Waals surface area (Å²) in [5.74, 6) is 0.883. The Morgan fingerprint density at radius 1 is 1.34 bits per heavy atom. The van der Waals surface area contributed by atoms with Gasteiger partial charge >= 0.3 is 0 Å². The molecule has 2 atom stereocenters. The molecule has 0 radical (unpaired) electrons. The smallest absolute Gasteiger partial charge is 0.275 e. The number of amides is 1. The van der Waals surface area contributed by atoms with E-state index in [0.717, 1.165) is 17.7 Å². The Hall–Kier alpha value is -2.65. The van der Waals surface area contributed by atoms with Crippen molar-refractivity contribution in [2.75, 3.05) is 31.4 Å². The molecule has 8 nitrogen and oxygen atoms in total. The van der Waals surface area contributed by atoms with Gasteiger partial charge in [0.2, 0.25) is 5.88 Å². The predicted octanol–water partition coefficient (Wildman–Crippen LogP) is 2.42. The number of nitrogens with two attached hydrogens (primary N) is 1. The van der Waals surface area contributed by atoms with Crippen LogP contribution in [0.5, 0.6) is 5.88 Å². The topological polar surface area (TPSA) is 112 Å². The highest BCUT2D eigenvalue weighted by Crippen LogP contribution is 2.53. The molecule has 9 heteroatoms. The molecule has 1 aromatic carbocycles. The van der Waals surface area contributed by atoms with E-state index in [0.29, 0.717) is 29.9 Å². The van der Waals surface area contributed by atoms with Crippen molar-refractivity contribution in [1.29, 1.82) is 0 Å². The fourth-order valence-corrected chi connectivity index (χ4v) is 4.87. The molecular weight excluding hydrogens is 390 g/mol. The Balaban J connectivity index is 1.64. The Labute approximate surface area is 173 Å². The average molecular weight is 414 g/mol. The van der Waals surface area contributed by atoms with Crippen molar-refractivity contribution in [2.45, 2.75) is 18.9 Å². The standard InChI is InChI=1S/C20H23N5O3S/c1-19-6-7-28-11-20(19,25-18(21)29-12-19)13-4-3-5-14(8-13)24-17(26)15-9-23-16(27-2)10-22-15/h3-5,8-10H,6-7,11-12H2,1-2H3,(H2,21,25)(H,24,26)/t19-,20+/m0/s1. The Bertz CT molecular complexity index is 951. The first kappa shape index (κ1) is 19.7. The molecule has 0 bridgehead atoms. The van der Waals surface area contributed by atoms with Gasteiger partial charge in [0.05, 0.1) is 26.1 Å². The number of fused-ring (bicyclic) bond motifs is 1. The fourth-order valence-electron chi connectivity index (χ4n) is 3.80. The molecule has 29 heavy (non-hydrogen) atoms. The molecule has 1 aromatic heterocycles. The number of anilines is 1. The molecule has 4 rings (SSSR count). The number of amidine groups is 1. The van der Waals surface area contributed by atoms with Crippen LogP contribution in [0, 0.1) is 5.41 Å². The van der Waals surface area contributed by atoms with Gasteiger partial charge in [0.1, 0.15) is 11.2 Å². The summed E-state index contributed by atoms with van der Waals surface area (Å²) in [5.41, 5.74) is 7.29. The Morgan fingerprint density at radius 2 is 2.21 bits per heavy atom. The summed E-state index contributed by atoms with van der Waals surface area (Å²) in [4.78, 5) is 25.5. The minimum atomic E-state index is -0.568. The van der Waals surface area contributed by atoms with Crippen LogP contribution in [0.3, 0.4) is 0 Å². The van der Waals surface area contributed by atoms with Crippen molar-refractivity contribution in [3.8, 4) is 5.88 Å². The molecule has 0 spiro atoms. The van der Waals surface area contributed by atoms with Crippen molar-refractivity contribution >= 4 is 28.5 Å². The number of carbonyl (C=O) groups excluding carboxylic acids is 1. The summed E-state index contributed by atoms with van der Waals surface area (Å²) in [6, 6.07) is 7.69. The normalized spacial score (nSPS) is 26.2. The van der Waals surface area contributed by atoms with Gasteiger partial charge in [0, 0.05) is 23.5 Å². The number of ether oxygens (including phenoxy) is 2. The van der Waals surface area contributed by atoms with Gasteiger partial charge in [-0.1, -0.05) is 30.8 Å². The lowest BCUT2D eigenvalue weighted by atomic mass is 9.65. The summed E-state index contributed by atoms with van der Waals surface area (Å²) < 4.78 is 10.8. The number of thioether (sulfide) groups is 1. The van der Waals surface area contributed by atoms with Gasteiger partial charge in [0.15, 0.2) is 5.17 Å². The molecule has 2 aliphatic rings. The molecule has 0 aliphatic carbocycles. The van der Waals surface area contributed by atoms with Crippen molar-refractivity contribution in [2.24, 2.45) is 16.1 Å². The van der Waals surface area contributed by atoms with Crippen LogP contribution in [0.2, 0.25) is 0 Å². The van der Waals surface area contributed by atoms with Gasteiger partial charge < -0.3 is 20.5 Å². The third kappa shape index (κ3) is 3.56. The zero-order valence-corrected chi connectivity index (χ0v) is 17.2. The zero-order chi connectivity index (χ0) is 20.5. The number of benzene rings is 1. The van der Waals surface area contributed by atoms with E-state index in [1.807, 2.05) is 24.3 Å². The lowest BCUT2D eigenvalue weighted by Gasteiger charge is -2.51. The van der Waals surface area contributed by atoms with Gasteiger partial charge in [-0.3, -0.25) is 4.79 Å². The van der Waals surface area contributed by atoms with Crippen molar-refractivity contribution in [3.05, 3.63) is 47.9 Å². The Morgan fingerprint density at radius 3 is 2.97 bits per heavy atom. The van der Waals surface area contributed by atoms with Crippen molar-refractivity contribution in [3.63, 3.8) is 0 Å². The van der Waals surface area contributed by atoms with Gasteiger partial charge in [0.25, 0.3) is 5.91 Å². The van der Waals surface area contributed by atoms with Gasteiger partial charge in [-0.25, -0.2) is 15.0 Å². The number of hydrogen-bond acceptors (Lipinski definition) is 8. The van der Waals surface area contributed by atoms with Crippen LogP contribution in [-0.2, 0) is 10.3 Å². The van der Waals surface area contributed by atoms with Crippen LogP contribution in [0.25, 0.3) is 0 Å². The summed E-state index contributed by atoms with van der Waals surface area (Å²) in [6.07, 6.45) is 3.69. The second kappa shape index (κ2) is 7.64. The summed E-state index contributed by atoms with van der Waals surface area (Å²) in [7, 11) is 1.50. The van der Waals surface area contributed by atoms with E-state index in [4.69, 9.17) is 20.2 Å². The molecule has 152 valence electrons. The number of hydrogen-bond donors (Lipinski definition) is 2. The van der Waals surface area contributed by atoms with Gasteiger partial charge in [-0.15, -0.1) is 0 Å². The van der Waals surface area contributed by atoms with Crippen molar-refractivity contribution < 1.29 is 14.3 Å². The lowest BCUT2D eigenvalue weighted by molar-refractivity contribution is -0.0424. The number of nitrogens with one attached hydrogen (secondary N) is 1. The number of nitrogens with zero attached hydrogens (tertiary/aromatic N) is 3. The predicted molar refractivity (Wildman–Crippen MR) is 112 cm³/mol. The van der Waals surface area contributed by atoms with Crippen LogP contribution < -0.4 is 15.8 Å². The molecule has 2 aliphatic heterocycles. The largest absolute Gasteiger partial charge is 0.480 e. The van der Waals surface area contributed by atoms with E-state index in [-0.39, 0.29) is 17.0 Å². The number of aliphatic imine (C=N–C) groups is 1. The monoisotopic (exact) mass is 413 g/mol. The van der Waals surface area contributed by atoms with E-state index in [1.54, 1.807) is 11.8 Å². The van der Waals surface area contributed by atoms with Crippen LogP contribution in [0.15, 0.2) is 41.7 Å². The summed E-state index contributed by atoms with van der Waals surface area (Å²) in [5, 5.41) is 3.45. The minimum absolute atomic E-state index is 0.0805. The SMILES string of the molecule is COc1cnc(C(=O)Nc2cccc([C@]34COCC[C@@]3(C)CSC(N)=N4)c2)cn1. The maximum Gasteiger partial charge on any atom is 0.275 e. The number of methoxy groups -OCH3 is 1. The quantitative estimate of drug-likeness (QED) is 0.792. The molecule has 1 amide bonds. The number of rotatable bonds is 4. The van der Waals surface area contributed by atoms with E-state index in [2.05, 4.69) is 22.2 Å². The molecule has 0 saturated carbocycles. The third-order valence-corrected chi connectivity index (χ3v) is 6.78. The Kier molecular flexibility index (Phi) is 5.18. The lowest BCUT2D eigenvalue weighted by Crippen LogP contribution is -2.54. The highest BCUT2D eigenvalue weighted by Gasteiger charge is 2.54. The second-order valence-electron chi connectivity index (χ2n) is 7.44. The molecular formula is C20H23N5O3S. The van der Waals surface area contributed by atoms with Crippen LogP contribution >= 0.6 is 11.8 Å². The van der Waals surface area contributed by atoms with E-state index in [9.17, 15) is 4.79 Å². The molecule has 0 unspecified atom stereocenters. The highest BCUT2D eigenvalue weighted by molar-refractivity contribution is 8.13. The van der Waals surface area contributed by atoms with E-state index in [1.165, 1.54) is 19.5 Å².